The first-order valence-electron chi connectivity index (χ1n) is 9.08. The van der Waals surface area contributed by atoms with Crippen LogP contribution in [0.4, 0.5) is 14.9 Å². The largest absolute Gasteiger partial charge is 0.339 e. The number of halogens is 1. The maximum atomic E-state index is 12.9. The van der Waals surface area contributed by atoms with Gasteiger partial charge in [0, 0.05) is 39.6 Å². The Labute approximate surface area is 157 Å². The predicted octanol–water partition coefficient (Wildman–Crippen LogP) is 1.02. The van der Waals surface area contributed by atoms with E-state index in [9.17, 15) is 18.8 Å². The number of carbonyl (C=O) groups is 3. The first-order valence-corrected chi connectivity index (χ1v) is 9.08. The van der Waals surface area contributed by atoms with Gasteiger partial charge < -0.3 is 14.7 Å². The molecule has 146 valence electrons. The van der Waals surface area contributed by atoms with Crippen molar-refractivity contribution in [3.8, 4) is 0 Å². The van der Waals surface area contributed by atoms with Gasteiger partial charge >= 0.3 is 6.03 Å². The van der Waals surface area contributed by atoms with Crippen LogP contribution < -0.4 is 10.9 Å². The number of nitrogens with zero attached hydrogens (tertiary/aromatic N) is 3. The second-order valence-corrected chi connectivity index (χ2v) is 6.75. The normalized spacial score (nSPS) is 19.8. The van der Waals surface area contributed by atoms with Crippen molar-refractivity contribution in [2.45, 2.75) is 25.8 Å². The molecule has 0 bridgehead atoms. The second-order valence-electron chi connectivity index (χ2n) is 6.75. The van der Waals surface area contributed by atoms with Gasteiger partial charge in [0.25, 0.3) is 5.91 Å². The van der Waals surface area contributed by atoms with E-state index in [0.29, 0.717) is 44.8 Å². The molecule has 2 N–H and O–H groups in total. The summed E-state index contributed by atoms with van der Waals surface area (Å²) < 4.78 is 12.9. The quantitative estimate of drug-likeness (QED) is 0.771. The summed E-state index contributed by atoms with van der Waals surface area (Å²) in [6.07, 6.45) is 1.35. The van der Waals surface area contributed by atoms with Gasteiger partial charge in [-0.1, -0.05) is 0 Å². The highest BCUT2D eigenvalue weighted by molar-refractivity contribution is 5.88. The molecule has 0 aromatic heterocycles. The van der Waals surface area contributed by atoms with E-state index >= 15 is 0 Å². The number of nitrogens with one attached hydrogen (secondary N) is 2. The van der Waals surface area contributed by atoms with E-state index in [1.165, 1.54) is 31.2 Å². The van der Waals surface area contributed by atoms with Crippen molar-refractivity contribution in [3.05, 3.63) is 30.1 Å². The number of urea groups is 1. The molecule has 2 aliphatic rings. The molecule has 2 heterocycles. The van der Waals surface area contributed by atoms with Crippen LogP contribution in [-0.4, -0.2) is 71.3 Å². The van der Waals surface area contributed by atoms with Gasteiger partial charge in [0.05, 0.1) is 5.69 Å². The molecule has 3 rings (SSSR count). The summed E-state index contributed by atoms with van der Waals surface area (Å²) in [5.41, 5.74) is 5.89. The Kier molecular flexibility index (Phi) is 5.78. The molecule has 9 heteroatoms. The first-order chi connectivity index (χ1) is 13.0. The zero-order chi connectivity index (χ0) is 19.4. The van der Waals surface area contributed by atoms with Crippen LogP contribution in [0.2, 0.25) is 0 Å². The van der Waals surface area contributed by atoms with Crippen LogP contribution in [0.25, 0.3) is 0 Å². The number of amides is 4. The number of benzene rings is 1. The molecule has 0 aliphatic carbocycles. The Hall–Kier alpha value is -2.84. The maximum Gasteiger partial charge on any atom is 0.320 e. The van der Waals surface area contributed by atoms with Crippen molar-refractivity contribution in [1.29, 1.82) is 0 Å². The van der Waals surface area contributed by atoms with Crippen molar-refractivity contribution >= 4 is 23.5 Å². The van der Waals surface area contributed by atoms with Crippen LogP contribution in [0.15, 0.2) is 24.3 Å². The average Bonchev–Trinajstić information content (AvgIpc) is 3.16. The van der Waals surface area contributed by atoms with Crippen molar-refractivity contribution in [2.75, 3.05) is 38.1 Å². The van der Waals surface area contributed by atoms with Crippen LogP contribution in [0.3, 0.4) is 0 Å². The molecule has 2 fully saturated rings. The fourth-order valence-electron chi connectivity index (χ4n) is 3.41. The summed E-state index contributed by atoms with van der Waals surface area (Å²) >= 11 is 0. The Balaban J connectivity index is 1.54. The Morgan fingerprint density at radius 2 is 1.63 bits per heavy atom. The van der Waals surface area contributed by atoms with Crippen LogP contribution in [0, 0.1) is 5.82 Å². The Morgan fingerprint density at radius 3 is 2.26 bits per heavy atom. The molecule has 1 atom stereocenters. The Bertz CT molecular complexity index is 703. The Morgan fingerprint density at radius 1 is 1.00 bits per heavy atom. The lowest BCUT2D eigenvalue weighted by Gasteiger charge is -2.37. The van der Waals surface area contributed by atoms with E-state index in [1.807, 2.05) is 0 Å². The minimum absolute atomic E-state index is 0.00685. The molecule has 27 heavy (non-hydrogen) atoms. The predicted molar refractivity (Wildman–Crippen MR) is 97.1 cm³/mol. The molecule has 0 spiro atoms. The van der Waals surface area contributed by atoms with Gasteiger partial charge in [-0.2, -0.15) is 0 Å². The summed E-state index contributed by atoms with van der Waals surface area (Å²) in [4.78, 5) is 41.7. The second kappa shape index (κ2) is 8.24. The minimum Gasteiger partial charge on any atom is -0.339 e. The third kappa shape index (κ3) is 4.47. The molecule has 0 saturated carbocycles. The average molecular weight is 377 g/mol. The number of piperazine rings is 1. The van der Waals surface area contributed by atoms with E-state index in [-0.39, 0.29) is 23.7 Å². The molecule has 8 nitrogen and oxygen atoms in total. The summed E-state index contributed by atoms with van der Waals surface area (Å²) in [5, 5.41) is 0. The van der Waals surface area contributed by atoms with Crippen molar-refractivity contribution in [2.24, 2.45) is 0 Å². The van der Waals surface area contributed by atoms with Gasteiger partial charge in [-0.15, -0.1) is 0 Å². The van der Waals surface area contributed by atoms with Crippen LogP contribution in [0.5, 0.6) is 0 Å². The summed E-state index contributed by atoms with van der Waals surface area (Å²) in [6, 6.07) is 4.90. The number of likely N-dealkylation sites (tertiary alicyclic amines) is 1. The van der Waals surface area contributed by atoms with Gasteiger partial charge in [0.1, 0.15) is 11.9 Å². The SMILES string of the molecule is CC(=O)N1CCN(C(=O)N2CCCC2C(=O)NNc2ccc(F)cc2)CC1. The van der Waals surface area contributed by atoms with E-state index in [2.05, 4.69) is 10.9 Å². The molecule has 1 unspecified atom stereocenters. The third-order valence-electron chi connectivity index (χ3n) is 4.97. The highest BCUT2D eigenvalue weighted by Gasteiger charge is 2.37. The van der Waals surface area contributed by atoms with Crippen LogP contribution >= 0.6 is 0 Å². The standard InChI is InChI=1S/C18H24FN5O3/c1-13(25)22-9-11-23(12-10-22)18(27)24-8-2-3-16(24)17(26)21-20-15-6-4-14(19)5-7-15/h4-7,16,20H,2-3,8-12H2,1H3,(H,21,26). The van der Waals surface area contributed by atoms with Gasteiger partial charge in [0.2, 0.25) is 5.91 Å². The number of hydrogen-bond donors (Lipinski definition) is 2. The summed E-state index contributed by atoms with van der Waals surface area (Å²) in [5.74, 6) is -0.649. The molecule has 1 aromatic carbocycles. The number of hydrogen-bond acceptors (Lipinski definition) is 4. The third-order valence-corrected chi connectivity index (χ3v) is 4.97. The smallest absolute Gasteiger partial charge is 0.320 e. The van der Waals surface area contributed by atoms with Crippen molar-refractivity contribution in [3.63, 3.8) is 0 Å². The number of rotatable bonds is 3. The van der Waals surface area contributed by atoms with Crippen LogP contribution in [0.1, 0.15) is 19.8 Å². The molecule has 2 aliphatic heterocycles. The van der Waals surface area contributed by atoms with Gasteiger partial charge in [-0.05, 0) is 37.1 Å². The fraction of sp³-hybridized carbons (Fsp3) is 0.500. The zero-order valence-corrected chi connectivity index (χ0v) is 15.3. The summed E-state index contributed by atoms with van der Waals surface area (Å²) in [6.45, 7) is 4.01. The number of hydrazine groups is 1. The molecule has 1 aromatic rings. The van der Waals surface area contributed by atoms with Gasteiger partial charge in [-0.25, -0.2) is 9.18 Å². The lowest BCUT2D eigenvalue weighted by atomic mass is 10.2. The van der Waals surface area contributed by atoms with E-state index in [4.69, 9.17) is 0 Å². The lowest BCUT2D eigenvalue weighted by molar-refractivity contribution is -0.130. The number of anilines is 1. The molecular formula is C18H24FN5O3. The fourth-order valence-corrected chi connectivity index (χ4v) is 3.41. The summed E-state index contributed by atoms with van der Waals surface area (Å²) in [7, 11) is 0. The minimum atomic E-state index is -0.545. The van der Waals surface area contributed by atoms with Crippen molar-refractivity contribution < 1.29 is 18.8 Å². The highest BCUT2D eigenvalue weighted by Crippen LogP contribution is 2.20. The maximum absolute atomic E-state index is 12.9. The van der Waals surface area contributed by atoms with E-state index < -0.39 is 6.04 Å². The molecular weight excluding hydrogens is 353 g/mol. The molecule has 0 radical (unpaired) electrons. The van der Waals surface area contributed by atoms with E-state index in [0.717, 1.165) is 6.42 Å². The number of carbonyl (C=O) groups excluding carboxylic acids is 3. The van der Waals surface area contributed by atoms with Gasteiger partial charge in [-0.3, -0.25) is 20.4 Å². The van der Waals surface area contributed by atoms with Crippen molar-refractivity contribution in [1.82, 2.24) is 20.1 Å². The molecule has 4 amide bonds. The zero-order valence-electron chi connectivity index (χ0n) is 15.3. The van der Waals surface area contributed by atoms with E-state index in [1.54, 1.807) is 14.7 Å². The van der Waals surface area contributed by atoms with Crippen LogP contribution in [-0.2, 0) is 9.59 Å². The monoisotopic (exact) mass is 377 g/mol. The lowest BCUT2D eigenvalue weighted by Crippen LogP contribution is -2.56. The topological polar surface area (TPSA) is 85.0 Å². The van der Waals surface area contributed by atoms with Gasteiger partial charge in [0.15, 0.2) is 0 Å². The first kappa shape index (κ1) is 18.9. The molecule has 2 saturated heterocycles. The highest BCUT2D eigenvalue weighted by atomic mass is 19.1.